The third-order valence-electron chi connectivity index (χ3n) is 5.40. The second-order valence-corrected chi connectivity index (χ2v) is 8.61. The van der Waals surface area contributed by atoms with E-state index in [4.69, 9.17) is 0 Å². The molecule has 1 aliphatic carbocycles. The molecule has 0 aromatic heterocycles. The van der Waals surface area contributed by atoms with Crippen LogP contribution in [0.1, 0.15) is 59.8 Å². The number of piperidine rings is 1. The van der Waals surface area contributed by atoms with E-state index in [-0.39, 0.29) is 0 Å². The molecular formula is C17H34N2. The Hall–Kier alpha value is -0.0800. The Bertz CT molecular complexity index is 290. The molecule has 1 saturated carbocycles. The van der Waals surface area contributed by atoms with Gasteiger partial charge in [0.1, 0.15) is 0 Å². The first kappa shape index (κ1) is 15.3. The van der Waals surface area contributed by atoms with Gasteiger partial charge in [0.15, 0.2) is 0 Å². The minimum Gasteiger partial charge on any atom is -0.313 e. The second-order valence-electron chi connectivity index (χ2n) is 8.61. The molecule has 112 valence electrons. The summed E-state index contributed by atoms with van der Waals surface area (Å²) >= 11 is 0. The number of rotatable bonds is 3. The van der Waals surface area contributed by atoms with Crippen molar-refractivity contribution in [1.29, 1.82) is 0 Å². The average molecular weight is 266 g/mol. The zero-order valence-corrected chi connectivity index (χ0v) is 13.8. The van der Waals surface area contributed by atoms with Crippen LogP contribution in [0.2, 0.25) is 0 Å². The zero-order chi connectivity index (χ0) is 14.1. The fourth-order valence-corrected chi connectivity index (χ4v) is 4.23. The minimum absolute atomic E-state index is 0.525. The van der Waals surface area contributed by atoms with Crippen LogP contribution < -0.4 is 5.32 Å². The normalized spacial score (nSPS) is 35.2. The van der Waals surface area contributed by atoms with Gasteiger partial charge in [0.2, 0.25) is 0 Å². The first-order chi connectivity index (χ1) is 8.78. The van der Waals surface area contributed by atoms with Gasteiger partial charge in [0.05, 0.1) is 0 Å². The van der Waals surface area contributed by atoms with Crippen LogP contribution in [0.25, 0.3) is 0 Å². The summed E-state index contributed by atoms with van der Waals surface area (Å²) in [5.41, 5.74) is 1.06. The number of hydrogen-bond acceptors (Lipinski definition) is 2. The van der Waals surface area contributed by atoms with E-state index in [1.807, 2.05) is 0 Å². The first-order valence-electron chi connectivity index (χ1n) is 8.20. The van der Waals surface area contributed by atoms with Gasteiger partial charge in [-0.1, -0.05) is 27.7 Å². The molecule has 0 radical (unpaired) electrons. The van der Waals surface area contributed by atoms with Crippen molar-refractivity contribution < 1.29 is 0 Å². The van der Waals surface area contributed by atoms with E-state index >= 15 is 0 Å². The van der Waals surface area contributed by atoms with Crippen LogP contribution in [0.4, 0.5) is 0 Å². The van der Waals surface area contributed by atoms with E-state index in [1.165, 1.54) is 51.7 Å². The lowest BCUT2D eigenvalue weighted by Crippen LogP contribution is -2.47. The lowest BCUT2D eigenvalue weighted by atomic mass is 9.70. The molecule has 2 heteroatoms. The van der Waals surface area contributed by atoms with E-state index in [1.54, 1.807) is 0 Å². The van der Waals surface area contributed by atoms with Gasteiger partial charge in [-0.2, -0.15) is 0 Å². The van der Waals surface area contributed by atoms with E-state index in [2.05, 4.69) is 45.0 Å². The molecule has 0 aromatic rings. The highest BCUT2D eigenvalue weighted by molar-refractivity contribution is 4.89. The molecule has 2 nitrogen and oxygen atoms in total. The molecule has 0 spiro atoms. The summed E-state index contributed by atoms with van der Waals surface area (Å²) in [6, 6.07) is 0.746. The van der Waals surface area contributed by atoms with Gasteiger partial charge in [0, 0.05) is 12.6 Å². The van der Waals surface area contributed by atoms with Gasteiger partial charge in [-0.25, -0.2) is 0 Å². The number of nitrogens with one attached hydrogen (secondary N) is 1. The van der Waals surface area contributed by atoms with Crippen molar-refractivity contribution in [3.63, 3.8) is 0 Å². The fraction of sp³-hybridized carbons (Fsp3) is 1.00. The summed E-state index contributed by atoms with van der Waals surface area (Å²) in [5.74, 6) is 0.881. The summed E-state index contributed by atoms with van der Waals surface area (Å²) in [6.07, 6.45) is 6.82. The van der Waals surface area contributed by atoms with Gasteiger partial charge in [0.25, 0.3) is 0 Å². The van der Waals surface area contributed by atoms with Gasteiger partial charge in [-0.15, -0.1) is 0 Å². The molecule has 1 saturated heterocycles. The third kappa shape index (κ3) is 4.46. The summed E-state index contributed by atoms with van der Waals surface area (Å²) in [6.45, 7) is 13.5. The van der Waals surface area contributed by atoms with Crippen LogP contribution in [0.5, 0.6) is 0 Å². The van der Waals surface area contributed by atoms with Crippen LogP contribution >= 0.6 is 0 Å². The molecule has 2 unspecified atom stereocenters. The molecule has 2 rings (SSSR count). The Kier molecular flexibility index (Phi) is 4.62. The lowest BCUT2D eigenvalue weighted by Gasteiger charge is -2.43. The van der Waals surface area contributed by atoms with E-state index in [0.29, 0.717) is 10.8 Å². The highest BCUT2D eigenvalue weighted by atomic mass is 15.1. The molecule has 0 bridgehead atoms. The third-order valence-corrected chi connectivity index (χ3v) is 5.40. The highest BCUT2D eigenvalue weighted by Crippen LogP contribution is 2.39. The SMILES string of the molecule is CC1CC(NCC2(C)CCN(C)CC2)CC(C)(C)C1. The monoisotopic (exact) mass is 266 g/mol. The van der Waals surface area contributed by atoms with Crippen molar-refractivity contribution in [3.05, 3.63) is 0 Å². The Morgan fingerprint density at radius 2 is 1.74 bits per heavy atom. The Labute approximate surface area is 120 Å². The lowest BCUT2D eigenvalue weighted by molar-refractivity contribution is 0.109. The van der Waals surface area contributed by atoms with Crippen LogP contribution in [0, 0.1) is 16.7 Å². The Balaban J connectivity index is 1.81. The highest BCUT2D eigenvalue weighted by Gasteiger charge is 2.34. The van der Waals surface area contributed by atoms with Crippen molar-refractivity contribution in [2.75, 3.05) is 26.7 Å². The Morgan fingerprint density at radius 1 is 1.11 bits per heavy atom. The molecule has 1 N–H and O–H groups in total. The van der Waals surface area contributed by atoms with Gasteiger partial charge in [-0.3, -0.25) is 0 Å². The van der Waals surface area contributed by atoms with Crippen LogP contribution in [0.15, 0.2) is 0 Å². The van der Waals surface area contributed by atoms with Crippen molar-refractivity contribution in [1.82, 2.24) is 10.2 Å². The minimum atomic E-state index is 0.525. The molecule has 1 aliphatic heterocycles. The van der Waals surface area contributed by atoms with Crippen LogP contribution in [0.3, 0.4) is 0 Å². The molecular weight excluding hydrogens is 232 g/mol. The van der Waals surface area contributed by atoms with E-state index in [0.717, 1.165) is 12.0 Å². The number of likely N-dealkylation sites (tertiary alicyclic amines) is 1. The molecule has 0 aromatic carbocycles. The predicted octanol–water partition coefficient (Wildman–Crippen LogP) is 3.52. The molecule has 1 heterocycles. The molecule has 2 atom stereocenters. The number of nitrogens with zero attached hydrogens (tertiary/aromatic N) is 1. The van der Waals surface area contributed by atoms with Gasteiger partial charge < -0.3 is 10.2 Å². The number of hydrogen-bond donors (Lipinski definition) is 1. The summed E-state index contributed by atoms with van der Waals surface area (Å²) < 4.78 is 0. The van der Waals surface area contributed by atoms with Gasteiger partial charge >= 0.3 is 0 Å². The average Bonchev–Trinajstić information content (AvgIpc) is 2.29. The van der Waals surface area contributed by atoms with Crippen molar-refractivity contribution in [2.45, 2.75) is 65.8 Å². The topological polar surface area (TPSA) is 15.3 Å². The predicted molar refractivity (Wildman–Crippen MR) is 83.4 cm³/mol. The summed E-state index contributed by atoms with van der Waals surface area (Å²) in [5, 5.41) is 3.91. The van der Waals surface area contributed by atoms with Gasteiger partial charge in [-0.05, 0) is 69.0 Å². The quantitative estimate of drug-likeness (QED) is 0.841. The summed E-state index contributed by atoms with van der Waals surface area (Å²) in [4.78, 5) is 2.47. The maximum atomic E-state index is 3.91. The first-order valence-corrected chi connectivity index (χ1v) is 8.20. The van der Waals surface area contributed by atoms with Crippen LogP contribution in [-0.2, 0) is 0 Å². The van der Waals surface area contributed by atoms with Crippen molar-refractivity contribution >= 4 is 0 Å². The maximum Gasteiger partial charge on any atom is 0.00749 e. The molecule has 19 heavy (non-hydrogen) atoms. The Morgan fingerprint density at radius 3 is 2.32 bits per heavy atom. The smallest absolute Gasteiger partial charge is 0.00749 e. The largest absolute Gasteiger partial charge is 0.313 e. The fourth-order valence-electron chi connectivity index (χ4n) is 4.23. The zero-order valence-electron chi connectivity index (χ0n) is 13.8. The van der Waals surface area contributed by atoms with E-state index in [9.17, 15) is 0 Å². The van der Waals surface area contributed by atoms with Crippen molar-refractivity contribution in [3.8, 4) is 0 Å². The molecule has 2 aliphatic rings. The maximum absolute atomic E-state index is 3.91. The van der Waals surface area contributed by atoms with Crippen molar-refractivity contribution in [2.24, 2.45) is 16.7 Å². The second kappa shape index (κ2) is 5.73. The van der Waals surface area contributed by atoms with E-state index < -0.39 is 0 Å². The van der Waals surface area contributed by atoms with Crippen LogP contribution in [-0.4, -0.2) is 37.6 Å². The molecule has 0 amide bonds. The standard InChI is InChI=1S/C17H34N2/c1-14-10-15(12-16(2,3)11-14)18-13-17(4)6-8-19(5)9-7-17/h14-15,18H,6-13H2,1-5H3. The molecule has 2 fully saturated rings. The summed E-state index contributed by atoms with van der Waals surface area (Å²) in [7, 11) is 2.25.